The highest BCUT2D eigenvalue weighted by Gasteiger charge is 2.28. The molecule has 2 amide bonds. The van der Waals surface area contributed by atoms with Gasteiger partial charge in [-0.05, 0) is 60.9 Å². The maximum Gasteiger partial charge on any atom is 0.244 e. The smallest absolute Gasteiger partial charge is 0.244 e. The van der Waals surface area contributed by atoms with Gasteiger partial charge in [-0.2, -0.15) is 0 Å². The van der Waals surface area contributed by atoms with Gasteiger partial charge in [-0.1, -0.05) is 35.9 Å². The summed E-state index contributed by atoms with van der Waals surface area (Å²) in [6, 6.07) is 16.6. The van der Waals surface area contributed by atoms with Crippen LogP contribution in [0.5, 0.6) is 0 Å². The molecule has 0 aliphatic carbocycles. The molecule has 2 aromatic carbocycles. The molecule has 0 unspecified atom stereocenters. The predicted octanol–water partition coefficient (Wildman–Crippen LogP) is 4.85. The molecule has 2 heterocycles. The van der Waals surface area contributed by atoms with Gasteiger partial charge in [0.25, 0.3) is 0 Å². The van der Waals surface area contributed by atoms with Gasteiger partial charge >= 0.3 is 0 Å². The Morgan fingerprint density at radius 3 is 2.77 bits per heavy atom. The number of carbonyl (C=O) groups excluding carboxylic acids is 2. The SMILES string of the molecule is Cc1ccc(C)c(NC(=O)CN2C(=O)CC(c3cccc(Cl)c3)=Nc3cccnc32)c1. The van der Waals surface area contributed by atoms with Gasteiger partial charge in [0.15, 0.2) is 5.82 Å². The van der Waals surface area contributed by atoms with E-state index in [0.29, 0.717) is 22.2 Å². The van der Waals surface area contributed by atoms with Crippen LogP contribution < -0.4 is 10.2 Å². The topological polar surface area (TPSA) is 74.7 Å². The Balaban J connectivity index is 1.62. The van der Waals surface area contributed by atoms with E-state index < -0.39 is 0 Å². The second-order valence-corrected chi connectivity index (χ2v) is 7.87. The number of nitrogens with one attached hydrogen (secondary N) is 1. The molecule has 0 fully saturated rings. The summed E-state index contributed by atoms with van der Waals surface area (Å²) in [5.74, 6) is -0.196. The molecule has 0 spiro atoms. The molecular formula is C24H21ClN4O2. The Kier molecular flexibility index (Phi) is 5.82. The van der Waals surface area contributed by atoms with E-state index in [1.807, 2.05) is 44.2 Å². The normalized spacial score (nSPS) is 13.3. The molecule has 0 radical (unpaired) electrons. The van der Waals surface area contributed by atoms with Crippen LogP contribution in [-0.2, 0) is 9.59 Å². The van der Waals surface area contributed by atoms with Crippen molar-refractivity contribution in [3.8, 4) is 0 Å². The standard InChI is InChI=1S/C24H21ClN4O2/c1-15-8-9-16(2)20(11-15)28-22(30)14-29-23(31)13-21(17-5-3-6-18(25)12-17)27-19-7-4-10-26-24(19)29/h3-12H,13-14H2,1-2H3,(H,28,30). The Hall–Kier alpha value is -3.51. The molecule has 6 nitrogen and oxygen atoms in total. The third kappa shape index (κ3) is 4.64. The number of hydrogen-bond acceptors (Lipinski definition) is 4. The fraction of sp³-hybridized carbons (Fsp3) is 0.167. The largest absolute Gasteiger partial charge is 0.324 e. The van der Waals surface area contributed by atoms with E-state index in [-0.39, 0.29) is 24.8 Å². The van der Waals surface area contributed by atoms with Crippen LogP contribution in [0.15, 0.2) is 65.8 Å². The predicted molar refractivity (Wildman–Crippen MR) is 123 cm³/mol. The van der Waals surface area contributed by atoms with Crippen molar-refractivity contribution in [2.45, 2.75) is 20.3 Å². The third-order valence-electron chi connectivity index (χ3n) is 5.02. The van der Waals surface area contributed by atoms with E-state index in [4.69, 9.17) is 11.6 Å². The van der Waals surface area contributed by atoms with Crippen LogP contribution in [0.2, 0.25) is 5.02 Å². The Labute approximate surface area is 185 Å². The fourth-order valence-corrected chi connectivity index (χ4v) is 3.62. The van der Waals surface area contributed by atoms with E-state index in [2.05, 4.69) is 15.3 Å². The molecule has 0 bridgehead atoms. The second-order valence-electron chi connectivity index (χ2n) is 7.44. The van der Waals surface area contributed by atoms with Crippen LogP contribution in [0.4, 0.5) is 17.2 Å². The molecule has 1 aliphatic rings. The molecule has 1 aromatic heterocycles. The highest BCUT2D eigenvalue weighted by Crippen LogP contribution is 2.31. The molecule has 156 valence electrons. The summed E-state index contributed by atoms with van der Waals surface area (Å²) < 4.78 is 0. The summed E-state index contributed by atoms with van der Waals surface area (Å²) in [6.07, 6.45) is 1.62. The van der Waals surface area contributed by atoms with Gasteiger partial charge in [0.2, 0.25) is 11.8 Å². The zero-order valence-electron chi connectivity index (χ0n) is 17.2. The van der Waals surface area contributed by atoms with Crippen molar-refractivity contribution in [3.05, 3.63) is 82.5 Å². The number of pyridine rings is 1. The summed E-state index contributed by atoms with van der Waals surface area (Å²) >= 11 is 6.12. The molecule has 31 heavy (non-hydrogen) atoms. The fourth-order valence-electron chi connectivity index (χ4n) is 3.43. The van der Waals surface area contributed by atoms with Crippen molar-refractivity contribution in [3.63, 3.8) is 0 Å². The minimum Gasteiger partial charge on any atom is -0.324 e. The van der Waals surface area contributed by atoms with Gasteiger partial charge in [0, 0.05) is 16.9 Å². The summed E-state index contributed by atoms with van der Waals surface area (Å²) in [5.41, 5.74) is 4.59. The highest BCUT2D eigenvalue weighted by atomic mass is 35.5. The molecule has 0 atom stereocenters. The number of aryl methyl sites for hydroxylation is 2. The van der Waals surface area contributed by atoms with Crippen LogP contribution in [0.25, 0.3) is 0 Å². The number of rotatable bonds is 4. The first kappa shape index (κ1) is 20.8. The number of nitrogens with zero attached hydrogens (tertiary/aromatic N) is 3. The van der Waals surface area contributed by atoms with Crippen molar-refractivity contribution < 1.29 is 9.59 Å². The number of hydrogen-bond donors (Lipinski definition) is 1. The van der Waals surface area contributed by atoms with Crippen molar-refractivity contribution in [1.82, 2.24) is 4.98 Å². The summed E-state index contributed by atoms with van der Waals surface area (Å²) in [6.45, 7) is 3.73. The van der Waals surface area contributed by atoms with Crippen LogP contribution >= 0.6 is 11.6 Å². The number of aromatic nitrogens is 1. The van der Waals surface area contributed by atoms with Gasteiger partial charge in [-0.15, -0.1) is 0 Å². The first-order chi connectivity index (χ1) is 14.9. The van der Waals surface area contributed by atoms with Crippen molar-refractivity contribution in [2.24, 2.45) is 4.99 Å². The lowest BCUT2D eigenvalue weighted by atomic mass is 10.1. The van der Waals surface area contributed by atoms with Crippen LogP contribution in [-0.4, -0.2) is 29.1 Å². The van der Waals surface area contributed by atoms with Crippen LogP contribution in [0.3, 0.4) is 0 Å². The highest BCUT2D eigenvalue weighted by molar-refractivity contribution is 6.31. The lowest BCUT2D eigenvalue weighted by Gasteiger charge is -2.21. The minimum absolute atomic E-state index is 0.0352. The van der Waals surface area contributed by atoms with Gasteiger partial charge in [-0.25, -0.2) is 9.98 Å². The van der Waals surface area contributed by atoms with E-state index >= 15 is 0 Å². The van der Waals surface area contributed by atoms with Crippen LogP contribution in [0.1, 0.15) is 23.1 Å². The van der Waals surface area contributed by atoms with Gasteiger partial charge in [-0.3, -0.25) is 14.5 Å². The minimum atomic E-state index is -0.301. The molecule has 0 saturated carbocycles. The summed E-state index contributed by atoms with van der Waals surface area (Å²) in [7, 11) is 0. The molecule has 1 N–H and O–H groups in total. The van der Waals surface area contributed by atoms with E-state index in [1.54, 1.807) is 30.5 Å². The average molecular weight is 433 g/mol. The number of halogens is 1. The molecule has 1 aliphatic heterocycles. The summed E-state index contributed by atoms with van der Waals surface area (Å²) in [5, 5.41) is 3.47. The first-order valence-corrected chi connectivity index (χ1v) is 10.2. The number of aliphatic imine (C=N–C) groups is 1. The molecule has 0 saturated heterocycles. The van der Waals surface area contributed by atoms with Gasteiger partial charge in [0.1, 0.15) is 12.2 Å². The monoisotopic (exact) mass is 432 g/mol. The molecular weight excluding hydrogens is 412 g/mol. The molecule has 7 heteroatoms. The molecule has 3 aromatic rings. The van der Waals surface area contributed by atoms with Crippen molar-refractivity contribution in [1.29, 1.82) is 0 Å². The number of carbonyl (C=O) groups is 2. The Morgan fingerprint density at radius 1 is 1.13 bits per heavy atom. The molecule has 4 rings (SSSR count). The Bertz CT molecular complexity index is 1210. The number of fused-ring (bicyclic) bond motifs is 1. The second kappa shape index (κ2) is 8.70. The Morgan fingerprint density at radius 2 is 1.97 bits per heavy atom. The lowest BCUT2D eigenvalue weighted by Crippen LogP contribution is -2.39. The van der Waals surface area contributed by atoms with Crippen LogP contribution in [0, 0.1) is 13.8 Å². The zero-order valence-corrected chi connectivity index (χ0v) is 18.0. The van der Waals surface area contributed by atoms with Gasteiger partial charge < -0.3 is 5.32 Å². The quantitative estimate of drug-likeness (QED) is 0.640. The summed E-state index contributed by atoms with van der Waals surface area (Å²) in [4.78, 5) is 36.4. The van der Waals surface area contributed by atoms with Crippen molar-refractivity contribution >= 4 is 46.3 Å². The van der Waals surface area contributed by atoms with E-state index in [9.17, 15) is 9.59 Å². The van der Waals surface area contributed by atoms with Crippen molar-refractivity contribution in [2.75, 3.05) is 16.8 Å². The van der Waals surface area contributed by atoms with E-state index in [0.717, 1.165) is 22.4 Å². The lowest BCUT2D eigenvalue weighted by molar-refractivity contribution is -0.120. The maximum atomic E-state index is 13.1. The van der Waals surface area contributed by atoms with E-state index in [1.165, 1.54) is 4.90 Å². The first-order valence-electron chi connectivity index (χ1n) is 9.87. The number of anilines is 2. The number of benzene rings is 2. The number of amides is 2. The van der Waals surface area contributed by atoms with Gasteiger partial charge in [0.05, 0.1) is 12.1 Å². The maximum absolute atomic E-state index is 13.1. The zero-order chi connectivity index (χ0) is 22.0. The average Bonchev–Trinajstić information content (AvgIpc) is 2.87. The third-order valence-corrected chi connectivity index (χ3v) is 5.26.